The quantitative estimate of drug-likeness (QED) is 0.939. The first-order chi connectivity index (χ1) is 10.2. The van der Waals surface area contributed by atoms with Crippen LogP contribution in [0.2, 0.25) is 0 Å². The van der Waals surface area contributed by atoms with Crippen molar-refractivity contribution >= 4 is 0 Å². The van der Waals surface area contributed by atoms with E-state index < -0.39 is 0 Å². The van der Waals surface area contributed by atoms with Crippen molar-refractivity contribution in [3.05, 3.63) is 47.3 Å². The highest BCUT2D eigenvalue weighted by molar-refractivity contribution is 5.36. The van der Waals surface area contributed by atoms with Crippen molar-refractivity contribution in [2.45, 2.75) is 45.9 Å². The van der Waals surface area contributed by atoms with E-state index >= 15 is 0 Å². The van der Waals surface area contributed by atoms with Gasteiger partial charge in [0.05, 0.1) is 17.5 Å². The van der Waals surface area contributed by atoms with Crippen LogP contribution in [0.5, 0.6) is 0 Å². The van der Waals surface area contributed by atoms with Gasteiger partial charge in [-0.1, -0.05) is 18.2 Å². The molecule has 2 atom stereocenters. The lowest BCUT2D eigenvalue weighted by Gasteiger charge is -2.16. The van der Waals surface area contributed by atoms with Crippen molar-refractivity contribution in [2.24, 2.45) is 0 Å². The Morgan fingerprint density at radius 1 is 1.29 bits per heavy atom. The van der Waals surface area contributed by atoms with Crippen molar-refractivity contribution < 1.29 is 4.74 Å². The van der Waals surface area contributed by atoms with Gasteiger partial charge in [0.1, 0.15) is 0 Å². The summed E-state index contributed by atoms with van der Waals surface area (Å²) in [5.74, 6) is 0. The van der Waals surface area contributed by atoms with Crippen LogP contribution in [0.15, 0.2) is 30.3 Å². The van der Waals surface area contributed by atoms with E-state index in [9.17, 15) is 0 Å². The van der Waals surface area contributed by atoms with Crippen LogP contribution in [0.1, 0.15) is 30.3 Å². The number of rotatable bonds is 4. The zero-order chi connectivity index (χ0) is 14.8. The Balaban J connectivity index is 1.78. The van der Waals surface area contributed by atoms with Crippen LogP contribution in [0.3, 0.4) is 0 Å². The van der Waals surface area contributed by atoms with Gasteiger partial charge in [0.25, 0.3) is 0 Å². The second kappa shape index (κ2) is 6.00. The van der Waals surface area contributed by atoms with Crippen LogP contribution in [0.25, 0.3) is 5.69 Å². The summed E-state index contributed by atoms with van der Waals surface area (Å²) < 4.78 is 7.63. The van der Waals surface area contributed by atoms with E-state index in [0.29, 0.717) is 12.1 Å². The minimum absolute atomic E-state index is 0.301. The highest BCUT2D eigenvalue weighted by Crippen LogP contribution is 2.19. The number of nitrogens with zero attached hydrogens (tertiary/aromatic N) is 2. The molecule has 4 heteroatoms. The van der Waals surface area contributed by atoms with Gasteiger partial charge in [-0.25, -0.2) is 4.68 Å². The van der Waals surface area contributed by atoms with Gasteiger partial charge < -0.3 is 10.1 Å². The summed E-state index contributed by atoms with van der Waals surface area (Å²) in [6.07, 6.45) is 1.39. The minimum Gasteiger partial charge on any atom is -0.377 e. The lowest BCUT2D eigenvalue weighted by atomic mass is 10.1. The fraction of sp³-hybridized carbons (Fsp3) is 0.471. The van der Waals surface area contributed by atoms with E-state index in [-0.39, 0.29) is 0 Å². The molecule has 0 saturated carbocycles. The number of hydrogen-bond acceptors (Lipinski definition) is 3. The van der Waals surface area contributed by atoms with Crippen LogP contribution in [-0.4, -0.2) is 28.5 Å². The predicted molar refractivity (Wildman–Crippen MR) is 83.7 cm³/mol. The summed E-state index contributed by atoms with van der Waals surface area (Å²) in [6.45, 7) is 8.07. The third-order valence-corrected chi connectivity index (χ3v) is 4.36. The van der Waals surface area contributed by atoms with E-state index in [1.807, 2.05) is 22.9 Å². The average Bonchev–Trinajstić information content (AvgIpc) is 3.02. The van der Waals surface area contributed by atoms with Crippen LogP contribution in [-0.2, 0) is 11.3 Å². The Morgan fingerprint density at radius 2 is 2.05 bits per heavy atom. The number of ether oxygens (including phenoxy) is 1. The molecule has 0 amide bonds. The van der Waals surface area contributed by atoms with Crippen LogP contribution < -0.4 is 5.32 Å². The second-order valence-corrected chi connectivity index (χ2v) is 5.75. The summed E-state index contributed by atoms with van der Waals surface area (Å²) in [6, 6.07) is 10.7. The van der Waals surface area contributed by atoms with Gasteiger partial charge in [-0.2, -0.15) is 5.10 Å². The van der Waals surface area contributed by atoms with E-state index in [0.717, 1.165) is 31.0 Å². The molecule has 4 nitrogen and oxygen atoms in total. The minimum atomic E-state index is 0.301. The predicted octanol–water partition coefficient (Wildman–Crippen LogP) is 2.76. The average molecular weight is 285 g/mol. The number of hydrogen-bond donors (Lipinski definition) is 1. The second-order valence-electron chi connectivity index (χ2n) is 5.75. The van der Waals surface area contributed by atoms with Gasteiger partial charge in [0.2, 0.25) is 0 Å². The van der Waals surface area contributed by atoms with E-state index in [2.05, 4.69) is 38.2 Å². The summed E-state index contributed by atoms with van der Waals surface area (Å²) in [7, 11) is 0. The maximum Gasteiger partial charge on any atom is 0.0700 e. The fourth-order valence-electron chi connectivity index (χ4n) is 2.98. The summed E-state index contributed by atoms with van der Waals surface area (Å²) in [5.41, 5.74) is 4.70. The summed E-state index contributed by atoms with van der Waals surface area (Å²) in [5, 5.41) is 8.31. The number of benzene rings is 1. The summed E-state index contributed by atoms with van der Waals surface area (Å²) >= 11 is 0. The Hall–Kier alpha value is -1.65. The van der Waals surface area contributed by atoms with Crippen molar-refractivity contribution in [2.75, 3.05) is 6.61 Å². The third-order valence-electron chi connectivity index (χ3n) is 4.36. The van der Waals surface area contributed by atoms with Crippen molar-refractivity contribution in [1.29, 1.82) is 0 Å². The molecular formula is C17H23N3O. The number of para-hydroxylation sites is 1. The Kier molecular flexibility index (Phi) is 4.08. The van der Waals surface area contributed by atoms with Crippen LogP contribution in [0.4, 0.5) is 0 Å². The molecule has 21 heavy (non-hydrogen) atoms. The van der Waals surface area contributed by atoms with Crippen LogP contribution in [0, 0.1) is 13.8 Å². The molecule has 0 radical (unpaired) electrons. The SMILES string of the molecule is Cc1nn(-c2ccccc2)c(C)c1CNC1CCOC1C. The van der Waals surface area contributed by atoms with Gasteiger partial charge in [-0.3, -0.25) is 0 Å². The van der Waals surface area contributed by atoms with Gasteiger partial charge in [-0.05, 0) is 39.3 Å². The molecule has 112 valence electrons. The van der Waals surface area contributed by atoms with Gasteiger partial charge in [-0.15, -0.1) is 0 Å². The first-order valence-electron chi connectivity index (χ1n) is 7.62. The monoisotopic (exact) mass is 285 g/mol. The van der Waals surface area contributed by atoms with Crippen molar-refractivity contribution in [3.8, 4) is 5.69 Å². The maximum atomic E-state index is 5.61. The van der Waals surface area contributed by atoms with E-state index in [1.165, 1.54) is 11.3 Å². The zero-order valence-corrected chi connectivity index (χ0v) is 13.0. The molecular weight excluding hydrogens is 262 g/mol. The Labute approximate surface area is 126 Å². The maximum absolute atomic E-state index is 5.61. The van der Waals surface area contributed by atoms with Gasteiger partial charge in [0, 0.05) is 30.5 Å². The number of nitrogens with one attached hydrogen (secondary N) is 1. The van der Waals surface area contributed by atoms with Crippen molar-refractivity contribution in [3.63, 3.8) is 0 Å². The molecule has 1 aromatic carbocycles. The van der Waals surface area contributed by atoms with Crippen LogP contribution >= 0.6 is 0 Å². The molecule has 0 bridgehead atoms. The molecule has 1 N–H and O–H groups in total. The standard InChI is InChI=1S/C17H23N3O/c1-12-16(11-18-17-9-10-21-14(17)3)13(2)20(19-12)15-7-5-4-6-8-15/h4-8,14,17-18H,9-11H2,1-3H3. The molecule has 0 aliphatic carbocycles. The Morgan fingerprint density at radius 3 is 2.71 bits per heavy atom. The van der Waals surface area contributed by atoms with E-state index in [4.69, 9.17) is 9.84 Å². The van der Waals surface area contributed by atoms with Gasteiger partial charge >= 0.3 is 0 Å². The highest BCUT2D eigenvalue weighted by Gasteiger charge is 2.24. The molecule has 3 rings (SSSR count). The molecule has 2 unspecified atom stereocenters. The first-order valence-corrected chi connectivity index (χ1v) is 7.62. The molecule has 2 heterocycles. The molecule has 1 fully saturated rings. The lowest BCUT2D eigenvalue weighted by molar-refractivity contribution is 0.113. The highest BCUT2D eigenvalue weighted by atomic mass is 16.5. The number of aryl methyl sites for hydroxylation is 1. The lowest BCUT2D eigenvalue weighted by Crippen LogP contribution is -2.34. The van der Waals surface area contributed by atoms with Crippen molar-refractivity contribution in [1.82, 2.24) is 15.1 Å². The molecule has 2 aromatic rings. The largest absolute Gasteiger partial charge is 0.377 e. The summed E-state index contributed by atoms with van der Waals surface area (Å²) in [4.78, 5) is 0. The molecule has 0 spiro atoms. The fourth-order valence-corrected chi connectivity index (χ4v) is 2.98. The zero-order valence-electron chi connectivity index (χ0n) is 13.0. The molecule has 1 aliphatic rings. The topological polar surface area (TPSA) is 39.1 Å². The first kappa shape index (κ1) is 14.3. The normalized spacial score (nSPS) is 21.9. The third kappa shape index (κ3) is 2.87. The molecule has 1 aromatic heterocycles. The van der Waals surface area contributed by atoms with E-state index in [1.54, 1.807) is 0 Å². The smallest absolute Gasteiger partial charge is 0.0700 e. The molecule has 1 saturated heterocycles. The Bertz CT molecular complexity index is 606. The molecule has 1 aliphatic heterocycles. The number of aromatic nitrogens is 2. The van der Waals surface area contributed by atoms with Gasteiger partial charge in [0.15, 0.2) is 0 Å².